The number of carbonyl (C=O) groups is 1. The Morgan fingerprint density at radius 1 is 0.929 bits per heavy atom. The molecule has 0 aliphatic carbocycles. The van der Waals surface area contributed by atoms with E-state index in [1.165, 1.54) is 0 Å². The molecule has 0 aliphatic heterocycles. The van der Waals surface area contributed by atoms with Crippen molar-refractivity contribution < 1.29 is 4.79 Å². The first-order valence-corrected chi connectivity index (χ1v) is 10.5. The van der Waals surface area contributed by atoms with E-state index in [0.29, 0.717) is 12.2 Å². The van der Waals surface area contributed by atoms with Gasteiger partial charge in [-0.1, -0.05) is 45.9 Å². The molecule has 2 N–H and O–H groups in total. The zero-order valence-electron chi connectivity index (χ0n) is 17.8. The number of para-hydroxylation sites is 1. The molecule has 0 fully saturated rings. The van der Waals surface area contributed by atoms with Gasteiger partial charge < -0.3 is 20.4 Å². The first-order chi connectivity index (χ1) is 13.6. The molecule has 1 amide bonds. The van der Waals surface area contributed by atoms with Crippen LogP contribution in [0.1, 0.15) is 38.2 Å². The third-order valence-electron chi connectivity index (χ3n) is 5.19. The van der Waals surface area contributed by atoms with Gasteiger partial charge in [-0.05, 0) is 38.3 Å². The van der Waals surface area contributed by atoms with Gasteiger partial charge in [-0.2, -0.15) is 0 Å². The number of carbonyl (C=O) groups excluding carboxylic acids is 1. The SMILES string of the molecule is CCN(CC)CCNC(=O)c1cc(NCCN(CC)CC)c2ccccc2n1. The molecule has 1 heterocycles. The normalized spacial score (nSPS) is 11.4. The highest BCUT2D eigenvalue weighted by molar-refractivity contribution is 5.99. The molecule has 0 unspecified atom stereocenters. The Hall–Kier alpha value is -2.18. The third kappa shape index (κ3) is 6.17. The molecule has 6 nitrogen and oxygen atoms in total. The summed E-state index contributed by atoms with van der Waals surface area (Å²) in [5, 5.41) is 7.55. The lowest BCUT2D eigenvalue weighted by Crippen LogP contribution is -2.35. The Balaban J connectivity index is 2.10. The fourth-order valence-corrected chi connectivity index (χ4v) is 3.28. The fraction of sp³-hybridized carbons (Fsp3) is 0.545. The van der Waals surface area contributed by atoms with E-state index in [0.717, 1.165) is 62.4 Å². The summed E-state index contributed by atoms with van der Waals surface area (Å²) >= 11 is 0. The van der Waals surface area contributed by atoms with Crippen LogP contribution in [0.15, 0.2) is 30.3 Å². The van der Waals surface area contributed by atoms with E-state index in [9.17, 15) is 4.79 Å². The predicted octanol–water partition coefficient (Wildman–Crippen LogP) is 3.06. The Labute approximate surface area is 169 Å². The Bertz CT molecular complexity index is 741. The average Bonchev–Trinajstić information content (AvgIpc) is 2.74. The summed E-state index contributed by atoms with van der Waals surface area (Å²) in [5.41, 5.74) is 2.26. The van der Waals surface area contributed by atoms with Crippen LogP contribution in [0.2, 0.25) is 0 Å². The minimum Gasteiger partial charge on any atom is -0.383 e. The molecule has 0 radical (unpaired) electrons. The second-order valence-corrected chi connectivity index (χ2v) is 6.81. The lowest BCUT2D eigenvalue weighted by atomic mass is 10.1. The van der Waals surface area contributed by atoms with Gasteiger partial charge >= 0.3 is 0 Å². The summed E-state index contributed by atoms with van der Waals surface area (Å²) in [4.78, 5) is 21.9. The van der Waals surface area contributed by atoms with E-state index >= 15 is 0 Å². The van der Waals surface area contributed by atoms with Crippen molar-refractivity contribution in [3.05, 3.63) is 36.0 Å². The van der Waals surface area contributed by atoms with Crippen LogP contribution < -0.4 is 10.6 Å². The summed E-state index contributed by atoms with van der Waals surface area (Å²) in [5.74, 6) is -0.121. The molecule has 2 rings (SSSR count). The molecule has 0 bridgehead atoms. The Morgan fingerprint density at radius 2 is 1.54 bits per heavy atom. The second kappa shape index (κ2) is 11.6. The molecule has 1 aromatic carbocycles. The zero-order valence-corrected chi connectivity index (χ0v) is 17.8. The van der Waals surface area contributed by atoms with E-state index in [4.69, 9.17) is 0 Å². The number of nitrogens with one attached hydrogen (secondary N) is 2. The van der Waals surface area contributed by atoms with Gasteiger partial charge in [-0.15, -0.1) is 0 Å². The van der Waals surface area contributed by atoms with Crippen LogP contribution in [0.5, 0.6) is 0 Å². The average molecular weight is 386 g/mol. The number of nitrogens with zero attached hydrogens (tertiary/aromatic N) is 3. The summed E-state index contributed by atoms with van der Waals surface area (Å²) < 4.78 is 0. The number of hydrogen-bond donors (Lipinski definition) is 2. The molecule has 0 saturated heterocycles. The van der Waals surface area contributed by atoms with Crippen LogP contribution in [0.3, 0.4) is 0 Å². The Morgan fingerprint density at radius 3 is 2.18 bits per heavy atom. The van der Waals surface area contributed by atoms with Gasteiger partial charge in [0, 0.05) is 37.3 Å². The molecular weight excluding hydrogens is 350 g/mol. The topological polar surface area (TPSA) is 60.5 Å². The number of pyridine rings is 1. The maximum absolute atomic E-state index is 12.6. The summed E-state index contributed by atoms with van der Waals surface area (Å²) in [6, 6.07) is 9.83. The number of benzene rings is 1. The van der Waals surface area contributed by atoms with Crippen molar-refractivity contribution in [2.75, 3.05) is 57.7 Å². The fourth-order valence-electron chi connectivity index (χ4n) is 3.28. The van der Waals surface area contributed by atoms with Crippen LogP contribution in [0.4, 0.5) is 5.69 Å². The highest BCUT2D eigenvalue weighted by Crippen LogP contribution is 2.23. The monoisotopic (exact) mass is 385 g/mol. The van der Waals surface area contributed by atoms with E-state index in [2.05, 4.69) is 53.1 Å². The van der Waals surface area contributed by atoms with E-state index in [-0.39, 0.29) is 5.91 Å². The van der Waals surface area contributed by atoms with Crippen molar-refractivity contribution in [2.24, 2.45) is 0 Å². The molecular formula is C22H35N5O. The molecule has 0 saturated carbocycles. The van der Waals surface area contributed by atoms with Gasteiger partial charge in [0.05, 0.1) is 5.52 Å². The van der Waals surface area contributed by atoms with Crippen LogP contribution in [-0.4, -0.2) is 73.0 Å². The molecule has 0 spiro atoms. The van der Waals surface area contributed by atoms with E-state index in [1.807, 2.05) is 30.3 Å². The number of anilines is 1. The first-order valence-electron chi connectivity index (χ1n) is 10.5. The largest absolute Gasteiger partial charge is 0.383 e. The highest BCUT2D eigenvalue weighted by Gasteiger charge is 2.12. The van der Waals surface area contributed by atoms with Crippen LogP contribution >= 0.6 is 0 Å². The zero-order chi connectivity index (χ0) is 20.4. The molecule has 28 heavy (non-hydrogen) atoms. The molecule has 0 atom stereocenters. The van der Waals surface area contributed by atoms with Gasteiger partial charge in [0.2, 0.25) is 0 Å². The number of aromatic nitrogens is 1. The molecule has 1 aromatic heterocycles. The lowest BCUT2D eigenvalue weighted by molar-refractivity contribution is 0.0944. The van der Waals surface area contributed by atoms with Crippen molar-refractivity contribution >= 4 is 22.5 Å². The minimum atomic E-state index is -0.121. The van der Waals surface area contributed by atoms with Gasteiger partial charge in [0.1, 0.15) is 5.69 Å². The summed E-state index contributed by atoms with van der Waals surface area (Å²) in [6.45, 7) is 15.9. The number of amides is 1. The summed E-state index contributed by atoms with van der Waals surface area (Å²) in [6.07, 6.45) is 0. The summed E-state index contributed by atoms with van der Waals surface area (Å²) in [7, 11) is 0. The van der Waals surface area contributed by atoms with Crippen molar-refractivity contribution in [2.45, 2.75) is 27.7 Å². The predicted molar refractivity (Wildman–Crippen MR) is 118 cm³/mol. The van der Waals surface area contributed by atoms with Gasteiger partial charge in [0.15, 0.2) is 0 Å². The second-order valence-electron chi connectivity index (χ2n) is 6.81. The molecule has 2 aromatic rings. The van der Waals surface area contributed by atoms with Crippen LogP contribution in [0, 0.1) is 0 Å². The Kier molecular flexibility index (Phi) is 9.17. The quantitative estimate of drug-likeness (QED) is 0.588. The minimum absolute atomic E-state index is 0.121. The molecule has 6 heteroatoms. The van der Waals surface area contributed by atoms with Crippen molar-refractivity contribution in [3.8, 4) is 0 Å². The van der Waals surface area contributed by atoms with Crippen molar-refractivity contribution in [1.29, 1.82) is 0 Å². The third-order valence-corrected chi connectivity index (χ3v) is 5.19. The van der Waals surface area contributed by atoms with Crippen LogP contribution in [0.25, 0.3) is 10.9 Å². The molecule has 154 valence electrons. The number of fused-ring (bicyclic) bond motifs is 1. The van der Waals surface area contributed by atoms with E-state index < -0.39 is 0 Å². The maximum atomic E-state index is 12.6. The van der Waals surface area contributed by atoms with Gasteiger partial charge in [-0.3, -0.25) is 4.79 Å². The van der Waals surface area contributed by atoms with E-state index in [1.54, 1.807) is 0 Å². The number of rotatable bonds is 12. The maximum Gasteiger partial charge on any atom is 0.270 e. The molecule has 0 aliphatic rings. The highest BCUT2D eigenvalue weighted by atomic mass is 16.1. The lowest BCUT2D eigenvalue weighted by Gasteiger charge is -2.19. The van der Waals surface area contributed by atoms with Crippen LogP contribution in [-0.2, 0) is 0 Å². The van der Waals surface area contributed by atoms with Gasteiger partial charge in [0.25, 0.3) is 5.91 Å². The number of likely N-dealkylation sites (N-methyl/N-ethyl adjacent to an activating group) is 2. The van der Waals surface area contributed by atoms with Crippen molar-refractivity contribution in [1.82, 2.24) is 20.1 Å². The standard InChI is InChI=1S/C22H35N5O/c1-5-26(6-2)15-13-23-20-17-21(25-19-12-10-9-11-18(19)20)22(28)24-14-16-27(7-3)8-4/h9-12,17H,5-8,13-16H2,1-4H3,(H,23,25)(H,24,28). The number of hydrogen-bond acceptors (Lipinski definition) is 5. The van der Waals surface area contributed by atoms with Gasteiger partial charge in [-0.25, -0.2) is 4.98 Å². The smallest absolute Gasteiger partial charge is 0.270 e. The first kappa shape index (κ1) is 22.1. The van der Waals surface area contributed by atoms with Crippen molar-refractivity contribution in [3.63, 3.8) is 0 Å².